The van der Waals surface area contributed by atoms with Crippen LogP contribution in [-0.2, 0) is 11.3 Å². The lowest BCUT2D eigenvalue weighted by molar-refractivity contribution is -0.00341. The van der Waals surface area contributed by atoms with Gasteiger partial charge in [-0.1, -0.05) is 30.3 Å². The Morgan fingerprint density at radius 3 is 2.59 bits per heavy atom. The zero-order chi connectivity index (χ0) is 12.7. The van der Waals surface area contributed by atoms with Crippen LogP contribution in [0.5, 0.6) is 0 Å². The van der Waals surface area contributed by atoms with Gasteiger partial charge in [0.1, 0.15) is 12.7 Å². The molecule has 1 unspecified atom stereocenters. The summed E-state index contributed by atoms with van der Waals surface area (Å²) in [4.78, 5) is 11.1. The maximum atomic E-state index is 11.9. The average Bonchev–Trinajstić information content (AvgIpc) is 2.34. The first-order valence-corrected chi connectivity index (χ1v) is 5.00. The molecule has 0 bridgehead atoms. The molecule has 0 aliphatic carbocycles. The van der Waals surface area contributed by atoms with E-state index in [1.807, 2.05) is 11.4 Å². The fourth-order valence-corrected chi connectivity index (χ4v) is 1.05. The molecule has 1 atom stereocenters. The fraction of sp³-hybridized carbons (Fsp3) is 0.364. The van der Waals surface area contributed by atoms with Gasteiger partial charge in [-0.05, 0) is 5.56 Å². The molecule has 0 saturated heterocycles. The highest BCUT2D eigenvalue weighted by molar-refractivity contribution is 5.67. The van der Waals surface area contributed by atoms with Gasteiger partial charge in [-0.2, -0.15) is 0 Å². The summed E-state index contributed by atoms with van der Waals surface area (Å²) in [5.74, 6) is 0. The summed E-state index contributed by atoms with van der Waals surface area (Å²) in [5, 5.41) is 10.8. The molecule has 0 aromatic heterocycles. The van der Waals surface area contributed by atoms with Gasteiger partial charge in [0, 0.05) is 0 Å². The van der Waals surface area contributed by atoms with Gasteiger partial charge >= 0.3 is 6.09 Å². The van der Waals surface area contributed by atoms with Crippen LogP contribution in [0, 0.1) is 0 Å². The second-order valence-corrected chi connectivity index (χ2v) is 3.34. The third kappa shape index (κ3) is 5.26. The van der Waals surface area contributed by atoms with Gasteiger partial charge in [-0.15, -0.1) is 0 Å². The summed E-state index contributed by atoms with van der Waals surface area (Å²) in [6, 6.07) is 8.93. The number of alkyl halides is 2. The normalized spacial score (nSPS) is 12.2. The lowest BCUT2D eigenvalue weighted by atomic mass is 10.2. The van der Waals surface area contributed by atoms with Crippen LogP contribution in [0.1, 0.15) is 5.56 Å². The quantitative estimate of drug-likeness (QED) is 0.827. The van der Waals surface area contributed by atoms with E-state index >= 15 is 0 Å². The Kier molecular flexibility index (Phi) is 5.35. The van der Waals surface area contributed by atoms with Crippen LogP contribution >= 0.6 is 0 Å². The number of ether oxygens (including phenoxy) is 1. The molecule has 1 rings (SSSR count). The van der Waals surface area contributed by atoms with Crippen LogP contribution in [0.2, 0.25) is 0 Å². The van der Waals surface area contributed by atoms with Crippen LogP contribution in [0.4, 0.5) is 13.6 Å². The Labute approximate surface area is 97.2 Å². The zero-order valence-electron chi connectivity index (χ0n) is 8.98. The average molecular weight is 245 g/mol. The number of halogens is 2. The summed E-state index contributed by atoms with van der Waals surface area (Å²) in [5.41, 5.74) is 0.789. The van der Waals surface area contributed by atoms with Gasteiger partial charge in [-0.3, -0.25) is 0 Å². The van der Waals surface area contributed by atoms with E-state index in [4.69, 9.17) is 9.84 Å². The van der Waals surface area contributed by atoms with Crippen molar-refractivity contribution in [2.45, 2.75) is 19.1 Å². The summed E-state index contributed by atoms with van der Waals surface area (Å²) in [7, 11) is 0. The van der Waals surface area contributed by atoms with E-state index in [9.17, 15) is 13.6 Å². The standard InChI is InChI=1S/C11H13F2NO3/c12-10(13)9(15)6-14-11(16)17-7-8-4-2-1-3-5-8/h1-5,9-10,15H,6-7H2,(H,14,16). The molecular weight excluding hydrogens is 232 g/mol. The first-order valence-electron chi connectivity index (χ1n) is 5.00. The van der Waals surface area contributed by atoms with Crippen molar-refractivity contribution in [3.8, 4) is 0 Å². The molecule has 1 amide bonds. The van der Waals surface area contributed by atoms with E-state index in [1.54, 1.807) is 24.3 Å². The van der Waals surface area contributed by atoms with Crippen molar-refractivity contribution < 1.29 is 23.4 Å². The first kappa shape index (κ1) is 13.4. The van der Waals surface area contributed by atoms with Crippen molar-refractivity contribution in [1.82, 2.24) is 5.32 Å². The van der Waals surface area contributed by atoms with Gasteiger partial charge < -0.3 is 15.2 Å². The van der Waals surface area contributed by atoms with Crippen LogP contribution in [-0.4, -0.2) is 30.3 Å². The number of benzene rings is 1. The number of aliphatic hydroxyl groups excluding tert-OH is 1. The largest absolute Gasteiger partial charge is 0.445 e. The minimum absolute atomic E-state index is 0.0530. The molecule has 6 heteroatoms. The molecule has 94 valence electrons. The SMILES string of the molecule is O=C(NCC(O)C(F)F)OCc1ccccc1. The third-order valence-electron chi connectivity index (χ3n) is 1.96. The maximum Gasteiger partial charge on any atom is 0.407 e. The molecule has 0 heterocycles. The number of amides is 1. The molecule has 0 spiro atoms. The number of rotatable bonds is 5. The molecule has 17 heavy (non-hydrogen) atoms. The van der Waals surface area contributed by atoms with E-state index in [0.717, 1.165) is 5.56 Å². The highest BCUT2D eigenvalue weighted by Gasteiger charge is 2.17. The Morgan fingerprint density at radius 1 is 1.35 bits per heavy atom. The van der Waals surface area contributed by atoms with E-state index in [-0.39, 0.29) is 6.61 Å². The van der Waals surface area contributed by atoms with Gasteiger partial charge in [0.15, 0.2) is 0 Å². The van der Waals surface area contributed by atoms with Gasteiger partial charge in [0.25, 0.3) is 6.43 Å². The highest BCUT2D eigenvalue weighted by atomic mass is 19.3. The predicted molar refractivity (Wildman–Crippen MR) is 56.6 cm³/mol. The zero-order valence-corrected chi connectivity index (χ0v) is 8.98. The van der Waals surface area contributed by atoms with Crippen molar-refractivity contribution in [3.05, 3.63) is 35.9 Å². The first-order chi connectivity index (χ1) is 8.09. The molecule has 1 aromatic carbocycles. The van der Waals surface area contributed by atoms with Crippen molar-refractivity contribution in [1.29, 1.82) is 0 Å². The summed E-state index contributed by atoms with van der Waals surface area (Å²) in [6.07, 6.45) is -5.60. The van der Waals surface area contributed by atoms with E-state index in [0.29, 0.717) is 0 Å². The number of hydrogen-bond acceptors (Lipinski definition) is 3. The Morgan fingerprint density at radius 2 is 2.00 bits per heavy atom. The van der Waals surface area contributed by atoms with Crippen LogP contribution in [0.3, 0.4) is 0 Å². The number of carbonyl (C=O) groups excluding carboxylic acids is 1. The summed E-state index contributed by atoms with van der Waals surface area (Å²) in [6.45, 7) is -0.483. The van der Waals surface area contributed by atoms with Gasteiger partial charge in [0.05, 0.1) is 6.54 Å². The second-order valence-electron chi connectivity index (χ2n) is 3.34. The summed E-state index contributed by atoms with van der Waals surface area (Å²) < 4.78 is 28.5. The predicted octanol–water partition coefficient (Wildman–Crippen LogP) is 1.54. The Balaban J connectivity index is 2.22. The van der Waals surface area contributed by atoms with E-state index in [1.165, 1.54) is 0 Å². The molecule has 0 saturated carbocycles. The number of hydrogen-bond donors (Lipinski definition) is 2. The second kappa shape index (κ2) is 6.80. The van der Waals surface area contributed by atoms with Crippen molar-refractivity contribution in [3.63, 3.8) is 0 Å². The molecule has 0 radical (unpaired) electrons. The molecule has 2 N–H and O–H groups in total. The van der Waals surface area contributed by atoms with Crippen LogP contribution in [0.15, 0.2) is 30.3 Å². The lowest BCUT2D eigenvalue weighted by Crippen LogP contribution is -2.36. The minimum atomic E-state index is -2.88. The van der Waals surface area contributed by atoms with Crippen LogP contribution < -0.4 is 5.32 Å². The fourth-order valence-electron chi connectivity index (χ4n) is 1.05. The number of aliphatic hydroxyl groups is 1. The number of alkyl carbamates (subject to hydrolysis) is 1. The molecule has 0 aliphatic heterocycles. The third-order valence-corrected chi connectivity index (χ3v) is 1.96. The van der Waals surface area contributed by atoms with Gasteiger partial charge in [0.2, 0.25) is 0 Å². The number of nitrogens with one attached hydrogen (secondary N) is 1. The van der Waals surface area contributed by atoms with E-state index < -0.39 is 25.2 Å². The highest BCUT2D eigenvalue weighted by Crippen LogP contribution is 2.01. The topological polar surface area (TPSA) is 58.6 Å². The summed E-state index contributed by atoms with van der Waals surface area (Å²) >= 11 is 0. The number of carbonyl (C=O) groups is 1. The molecular formula is C11H13F2NO3. The van der Waals surface area contributed by atoms with E-state index in [2.05, 4.69) is 0 Å². The molecule has 1 aromatic rings. The van der Waals surface area contributed by atoms with Crippen molar-refractivity contribution in [2.24, 2.45) is 0 Å². The maximum absolute atomic E-state index is 11.9. The Hall–Kier alpha value is -1.69. The van der Waals surface area contributed by atoms with Crippen molar-refractivity contribution in [2.75, 3.05) is 6.54 Å². The molecule has 4 nitrogen and oxygen atoms in total. The molecule has 0 fully saturated rings. The Bertz CT molecular complexity index is 346. The monoisotopic (exact) mass is 245 g/mol. The smallest absolute Gasteiger partial charge is 0.407 e. The van der Waals surface area contributed by atoms with Crippen LogP contribution in [0.25, 0.3) is 0 Å². The minimum Gasteiger partial charge on any atom is -0.445 e. The van der Waals surface area contributed by atoms with Crippen molar-refractivity contribution >= 4 is 6.09 Å². The lowest BCUT2D eigenvalue weighted by Gasteiger charge is -2.10. The van der Waals surface area contributed by atoms with Gasteiger partial charge in [-0.25, -0.2) is 13.6 Å². The molecule has 0 aliphatic rings.